The van der Waals surface area contributed by atoms with E-state index in [0.29, 0.717) is 36.6 Å². The van der Waals surface area contributed by atoms with E-state index >= 15 is 0 Å². The first-order chi connectivity index (χ1) is 16.4. The van der Waals surface area contributed by atoms with Gasteiger partial charge in [-0.2, -0.15) is 12.6 Å². The fraction of sp³-hybridized carbons (Fsp3) is 0.400. The average Bonchev–Trinajstić information content (AvgIpc) is 3.46. The summed E-state index contributed by atoms with van der Waals surface area (Å²) in [6, 6.07) is 14.4. The van der Waals surface area contributed by atoms with Crippen molar-refractivity contribution in [2.45, 2.75) is 36.8 Å². The Kier molecular flexibility index (Phi) is 7.84. The van der Waals surface area contributed by atoms with Crippen LogP contribution >= 0.6 is 12.6 Å². The second kappa shape index (κ2) is 11.0. The number of anilines is 1. The smallest absolute Gasteiger partial charge is 0.414 e. The van der Waals surface area contributed by atoms with E-state index in [-0.39, 0.29) is 37.0 Å². The third-order valence-corrected chi connectivity index (χ3v) is 6.58. The molecule has 9 heteroatoms. The molecule has 2 aliphatic heterocycles. The van der Waals surface area contributed by atoms with E-state index in [2.05, 4.69) is 23.3 Å². The monoisotopic (exact) mass is 485 g/mol. The molecular weight excluding hydrogens is 457 g/mol. The molecule has 2 amide bonds. The topological polar surface area (TPSA) is 87.7 Å². The number of alkyl halides is 1. The Morgan fingerprint density at radius 1 is 1.09 bits per heavy atom. The van der Waals surface area contributed by atoms with Gasteiger partial charge in [0.05, 0.1) is 13.1 Å². The van der Waals surface area contributed by atoms with Crippen LogP contribution in [0.1, 0.15) is 40.2 Å². The molecule has 180 valence electrons. The molecule has 4 rings (SSSR count). The molecule has 2 aromatic carbocycles. The standard InChI is InChI=1S/C25H28FN3O4S/c26-22-13-27-12-21(22)17-5-7-19(8-6-17)29-14-20(33-25(29)32)11-28-24(31)10-9-23(30)18-3-1-16(15-34)2-4-18/h1-8,20-22,27,34H,9-15H2,(H,28,31)/t20-,21+,22+/m0/s1. The molecule has 34 heavy (non-hydrogen) atoms. The summed E-state index contributed by atoms with van der Waals surface area (Å²) in [5, 5.41) is 5.78. The number of Topliss-reactive ketones (excluding diaryl/α,β-unsaturated/α-hetero) is 1. The van der Waals surface area contributed by atoms with Gasteiger partial charge in [0.1, 0.15) is 12.3 Å². The molecule has 2 fully saturated rings. The lowest BCUT2D eigenvalue weighted by atomic mass is 9.97. The van der Waals surface area contributed by atoms with Gasteiger partial charge < -0.3 is 15.4 Å². The minimum Gasteiger partial charge on any atom is -0.442 e. The van der Waals surface area contributed by atoms with Gasteiger partial charge in [-0.15, -0.1) is 0 Å². The Hall–Kier alpha value is -2.91. The first kappa shape index (κ1) is 24.2. The van der Waals surface area contributed by atoms with Crippen molar-refractivity contribution in [2.75, 3.05) is 31.1 Å². The Bertz CT molecular complexity index is 1030. The van der Waals surface area contributed by atoms with Crippen molar-refractivity contribution in [3.8, 4) is 0 Å². The summed E-state index contributed by atoms with van der Waals surface area (Å²) < 4.78 is 19.3. The van der Waals surface area contributed by atoms with Crippen LogP contribution in [0, 0.1) is 0 Å². The highest BCUT2D eigenvalue weighted by molar-refractivity contribution is 7.79. The lowest BCUT2D eigenvalue weighted by Gasteiger charge is -2.16. The Balaban J connectivity index is 1.22. The highest BCUT2D eigenvalue weighted by Crippen LogP contribution is 2.28. The number of benzene rings is 2. The number of carbonyl (C=O) groups is 3. The quantitative estimate of drug-likeness (QED) is 0.375. The summed E-state index contributed by atoms with van der Waals surface area (Å²) in [5.41, 5.74) is 3.15. The summed E-state index contributed by atoms with van der Waals surface area (Å²) >= 11 is 4.19. The molecule has 0 radical (unpaired) electrons. The molecule has 2 aliphatic rings. The molecule has 2 heterocycles. The van der Waals surface area contributed by atoms with E-state index < -0.39 is 18.4 Å². The summed E-state index contributed by atoms with van der Waals surface area (Å²) in [6.45, 7) is 1.42. The lowest BCUT2D eigenvalue weighted by molar-refractivity contribution is -0.121. The summed E-state index contributed by atoms with van der Waals surface area (Å²) in [7, 11) is 0. The Morgan fingerprint density at radius 2 is 1.82 bits per heavy atom. The van der Waals surface area contributed by atoms with E-state index in [9.17, 15) is 18.8 Å². The number of rotatable bonds is 9. The number of amides is 2. The van der Waals surface area contributed by atoms with E-state index in [1.54, 1.807) is 24.3 Å². The first-order valence-corrected chi connectivity index (χ1v) is 12.0. The molecule has 3 atom stereocenters. The zero-order chi connectivity index (χ0) is 24.1. The molecule has 0 saturated carbocycles. The first-order valence-electron chi connectivity index (χ1n) is 11.4. The van der Waals surface area contributed by atoms with E-state index in [0.717, 1.165) is 11.1 Å². The maximum Gasteiger partial charge on any atom is 0.414 e. The van der Waals surface area contributed by atoms with Crippen molar-refractivity contribution in [3.63, 3.8) is 0 Å². The molecule has 2 saturated heterocycles. The minimum absolute atomic E-state index is 0.0601. The number of hydrogen-bond donors (Lipinski definition) is 3. The van der Waals surface area contributed by atoms with Crippen LogP contribution in [-0.2, 0) is 15.3 Å². The summed E-state index contributed by atoms with van der Waals surface area (Å²) in [6.07, 6.45) is -1.73. The number of nitrogens with one attached hydrogen (secondary N) is 2. The Labute approximate surface area is 203 Å². The van der Waals surface area contributed by atoms with Crippen molar-refractivity contribution in [1.82, 2.24) is 10.6 Å². The number of nitrogens with zero attached hydrogens (tertiary/aromatic N) is 1. The maximum atomic E-state index is 13.9. The van der Waals surface area contributed by atoms with Crippen LogP contribution in [0.2, 0.25) is 0 Å². The van der Waals surface area contributed by atoms with Gasteiger partial charge >= 0.3 is 6.09 Å². The molecule has 7 nitrogen and oxygen atoms in total. The SMILES string of the molecule is O=C(CCC(=O)c1ccc(CS)cc1)NC[C@H]1CN(c2ccc([C@H]3CNC[C@H]3F)cc2)C(=O)O1. The van der Waals surface area contributed by atoms with Crippen LogP contribution in [0.3, 0.4) is 0 Å². The van der Waals surface area contributed by atoms with Crippen LogP contribution in [0.4, 0.5) is 14.9 Å². The van der Waals surface area contributed by atoms with Gasteiger partial charge in [0.15, 0.2) is 5.78 Å². The third kappa shape index (κ3) is 5.77. The maximum absolute atomic E-state index is 13.9. The van der Waals surface area contributed by atoms with Crippen molar-refractivity contribution >= 4 is 36.1 Å². The number of ketones is 1. The summed E-state index contributed by atoms with van der Waals surface area (Å²) in [5.74, 6) is 0.0468. The van der Waals surface area contributed by atoms with Gasteiger partial charge in [0.2, 0.25) is 5.91 Å². The molecule has 0 bridgehead atoms. The lowest BCUT2D eigenvalue weighted by Crippen LogP contribution is -2.34. The zero-order valence-corrected chi connectivity index (χ0v) is 19.6. The highest BCUT2D eigenvalue weighted by atomic mass is 32.1. The average molecular weight is 486 g/mol. The fourth-order valence-electron chi connectivity index (χ4n) is 4.20. The number of cyclic esters (lactones) is 1. The number of thiol groups is 1. The van der Waals surface area contributed by atoms with Crippen molar-refractivity contribution in [1.29, 1.82) is 0 Å². The third-order valence-electron chi connectivity index (χ3n) is 6.21. The largest absolute Gasteiger partial charge is 0.442 e. The second-order valence-electron chi connectivity index (χ2n) is 8.57. The van der Waals surface area contributed by atoms with Gasteiger partial charge in [-0.25, -0.2) is 9.18 Å². The molecule has 0 unspecified atom stereocenters. The molecule has 2 aromatic rings. The van der Waals surface area contributed by atoms with Gasteiger partial charge in [-0.1, -0.05) is 36.4 Å². The van der Waals surface area contributed by atoms with Crippen LogP contribution in [-0.4, -0.2) is 56.2 Å². The van der Waals surface area contributed by atoms with Crippen molar-refractivity contribution in [3.05, 3.63) is 65.2 Å². The second-order valence-corrected chi connectivity index (χ2v) is 8.89. The number of halogens is 1. The number of ether oxygens (including phenoxy) is 1. The molecule has 2 N–H and O–H groups in total. The van der Waals surface area contributed by atoms with Crippen LogP contribution in [0.5, 0.6) is 0 Å². The van der Waals surface area contributed by atoms with Crippen LogP contribution < -0.4 is 15.5 Å². The van der Waals surface area contributed by atoms with Crippen molar-refractivity contribution < 1.29 is 23.5 Å². The Morgan fingerprint density at radius 3 is 2.47 bits per heavy atom. The number of carbonyl (C=O) groups excluding carboxylic acids is 3. The predicted octanol–water partition coefficient (Wildman–Crippen LogP) is 3.25. The van der Waals surface area contributed by atoms with Gasteiger partial charge in [0, 0.05) is 48.9 Å². The van der Waals surface area contributed by atoms with E-state index in [1.165, 1.54) is 4.90 Å². The van der Waals surface area contributed by atoms with Crippen molar-refractivity contribution in [2.24, 2.45) is 0 Å². The van der Waals surface area contributed by atoms with Crippen LogP contribution in [0.15, 0.2) is 48.5 Å². The minimum atomic E-state index is -0.912. The molecular formula is C25H28FN3O4S. The van der Waals surface area contributed by atoms with Gasteiger partial charge in [-0.05, 0) is 23.3 Å². The van der Waals surface area contributed by atoms with Gasteiger partial charge in [-0.3, -0.25) is 14.5 Å². The predicted molar refractivity (Wildman–Crippen MR) is 130 cm³/mol. The van der Waals surface area contributed by atoms with E-state index in [4.69, 9.17) is 4.74 Å². The molecule has 0 spiro atoms. The molecule has 0 aliphatic carbocycles. The molecule has 0 aromatic heterocycles. The fourth-order valence-corrected chi connectivity index (χ4v) is 4.41. The highest BCUT2D eigenvalue weighted by Gasteiger charge is 2.33. The number of hydrogen-bond acceptors (Lipinski definition) is 6. The van der Waals surface area contributed by atoms with Crippen LogP contribution in [0.25, 0.3) is 0 Å². The summed E-state index contributed by atoms with van der Waals surface area (Å²) in [4.78, 5) is 38.3. The zero-order valence-electron chi connectivity index (χ0n) is 18.7. The van der Waals surface area contributed by atoms with E-state index in [1.807, 2.05) is 24.3 Å². The van der Waals surface area contributed by atoms with Gasteiger partial charge in [0.25, 0.3) is 0 Å². The normalized spacial score (nSPS) is 22.0.